The Morgan fingerprint density at radius 1 is 0.947 bits per heavy atom. The molecule has 1 rings (SSSR count). The minimum atomic E-state index is -0.264. The molecule has 0 aliphatic rings. The van der Waals surface area contributed by atoms with Crippen molar-refractivity contribution in [2.45, 2.75) is 58.3 Å². The van der Waals surface area contributed by atoms with Crippen LogP contribution in [0.5, 0.6) is 5.75 Å². The number of ether oxygens (including phenoxy) is 1. The van der Waals surface area contributed by atoms with Crippen LogP contribution >= 0.6 is 15.9 Å². The summed E-state index contributed by atoms with van der Waals surface area (Å²) in [6, 6.07) is 4.66. The van der Waals surface area contributed by atoms with Gasteiger partial charge in [0.15, 0.2) is 0 Å². The molecule has 0 bridgehead atoms. The zero-order chi connectivity index (χ0) is 13.9. The van der Waals surface area contributed by atoms with E-state index in [-0.39, 0.29) is 5.82 Å². The van der Waals surface area contributed by atoms with Crippen LogP contribution in [0.3, 0.4) is 0 Å². The van der Waals surface area contributed by atoms with Crippen molar-refractivity contribution >= 4 is 15.9 Å². The van der Waals surface area contributed by atoms with E-state index in [0.717, 1.165) is 10.9 Å². The molecule has 1 aromatic rings. The van der Waals surface area contributed by atoms with E-state index in [9.17, 15) is 4.39 Å². The van der Waals surface area contributed by atoms with Gasteiger partial charge < -0.3 is 4.74 Å². The quantitative estimate of drug-likeness (QED) is 0.470. The average Bonchev–Trinajstić information content (AvgIpc) is 2.36. The lowest BCUT2D eigenvalue weighted by molar-refractivity contribution is 0.302. The lowest BCUT2D eigenvalue weighted by Crippen LogP contribution is -1.97. The van der Waals surface area contributed by atoms with E-state index < -0.39 is 0 Å². The monoisotopic (exact) mass is 330 g/mol. The van der Waals surface area contributed by atoms with Gasteiger partial charge in [-0.25, -0.2) is 4.39 Å². The van der Waals surface area contributed by atoms with Crippen molar-refractivity contribution in [2.75, 3.05) is 6.61 Å². The minimum Gasteiger partial charge on any atom is -0.493 e. The maximum Gasteiger partial charge on any atom is 0.128 e. The third-order valence-corrected chi connectivity index (χ3v) is 3.56. The minimum absolute atomic E-state index is 0.264. The molecule has 1 nitrogen and oxygen atoms in total. The number of halogens is 2. The van der Waals surface area contributed by atoms with Crippen LogP contribution in [0, 0.1) is 5.82 Å². The summed E-state index contributed by atoms with van der Waals surface area (Å²) in [5, 5.41) is 0. The highest BCUT2D eigenvalue weighted by Gasteiger charge is 1.99. The number of unbranched alkanes of at least 4 members (excludes halogenated alkanes) is 7. The third-order valence-electron chi connectivity index (χ3n) is 3.10. The maximum atomic E-state index is 13.1. The molecular weight excluding hydrogens is 307 g/mol. The Morgan fingerprint density at radius 3 is 2.21 bits per heavy atom. The van der Waals surface area contributed by atoms with Crippen LogP contribution in [0.4, 0.5) is 4.39 Å². The van der Waals surface area contributed by atoms with Crippen molar-refractivity contribution in [1.29, 1.82) is 0 Å². The summed E-state index contributed by atoms with van der Waals surface area (Å²) in [5.41, 5.74) is 0. The molecule has 0 heterocycles. The first kappa shape index (κ1) is 16.5. The van der Waals surface area contributed by atoms with Crippen LogP contribution < -0.4 is 4.74 Å². The highest BCUT2D eigenvalue weighted by atomic mass is 79.9. The molecule has 108 valence electrons. The summed E-state index contributed by atoms with van der Waals surface area (Å²) >= 11 is 3.26. The van der Waals surface area contributed by atoms with Gasteiger partial charge in [-0.3, -0.25) is 0 Å². The zero-order valence-electron chi connectivity index (χ0n) is 11.8. The molecule has 19 heavy (non-hydrogen) atoms. The summed E-state index contributed by atoms with van der Waals surface area (Å²) < 4.78 is 19.4. The van der Waals surface area contributed by atoms with Gasteiger partial charge in [-0.15, -0.1) is 0 Å². The number of hydrogen-bond acceptors (Lipinski definition) is 1. The Morgan fingerprint density at radius 2 is 1.58 bits per heavy atom. The standard InChI is InChI=1S/C16H24BrFO/c1-2-3-4-5-6-7-8-9-10-19-16-12-14(17)11-15(18)13-16/h11-13H,2-10H2,1H3. The van der Waals surface area contributed by atoms with E-state index in [2.05, 4.69) is 22.9 Å². The largest absolute Gasteiger partial charge is 0.493 e. The summed E-state index contributed by atoms with van der Waals surface area (Å²) in [4.78, 5) is 0. The highest BCUT2D eigenvalue weighted by Crippen LogP contribution is 2.20. The maximum absolute atomic E-state index is 13.1. The zero-order valence-corrected chi connectivity index (χ0v) is 13.3. The van der Waals surface area contributed by atoms with Gasteiger partial charge in [-0.1, -0.05) is 67.8 Å². The van der Waals surface area contributed by atoms with E-state index in [0.29, 0.717) is 12.4 Å². The molecule has 0 fully saturated rings. The SMILES string of the molecule is CCCCCCCCCCOc1cc(F)cc(Br)c1. The van der Waals surface area contributed by atoms with Gasteiger partial charge >= 0.3 is 0 Å². The Hall–Kier alpha value is -0.570. The Bertz CT molecular complexity index is 334. The molecule has 0 radical (unpaired) electrons. The van der Waals surface area contributed by atoms with Crippen molar-refractivity contribution in [3.8, 4) is 5.75 Å². The lowest BCUT2D eigenvalue weighted by atomic mass is 10.1. The first-order valence-electron chi connectivity index (χ1n) is 7.31. The summed E-state index contributed by atoms with van der Waals surface area (Å²) in [6.45, 7) is 2.91. The van der Waals surface area contributed by atoms with E-state index >= 15 is 0 Å². The van der Waals surface area contributed by atoms with Gasteiger partial charge in [0.1, 0.15) is 11.6 Å². The fourth-order valence-corrected chi connectivity index (χ4v) is 2.48. The van der Waals surface area contributed by atoms with Crippen LogP contribution in [0.25, 0.3) is 0 Å². The second-order valence-electron chi connectivity index (χ2n) is 4.93. The third kappa shape index (κ3) is 8.25. The predicted molar refractivity (Wildman–Crippen MR) is 82.2 cm³/mol. The van der Waals surface area contributed by atoms with Crippen molar-refractivity contribution in [2.24, 2.45) is 0 Å². The molecule has 0 aliphatic carbocycles. The van der Waals surface area contributed by atoms with Crippen molar-refractivity contribution in [1.82, 2.24) is 0 Å². The van der Waals surface area contributed by atoms with Crippen LogP contribution in [0.1, 0.15) is 58.3 Å². The fraction of sp³-hybridized carbons (Fsp3) is 0.625. The van der Waals surface area contributed by atoms with E-state index in [1.807, 2.05) is 0 Å². The molecule has 0 atom stereocenters. The molecule has 0 N–H and O–H groups in total. The molecule has 0 saturated heterocycles. The van der Waals surface area contributed by atoms with Gasteiger partial charge in [0.25, 0.3) is 0 Å². The molecule has 0 aliphatic heterocycles. The number of benzene rings is 1. The molecule has 3 heteroatoms. The fourth-order valence-electron chi connectivity index (χ4n) is 2.04. The molecule has 0 aromatic heterocycles. The Labute approximate surface area is 124 Å². The lowest BCUT2D eigenvalue weighted by Gasteiger charge is -2.07. The number of rotatable bonds is 10. The molecule has 0 saturated carbocycles. The van der Waals surface area contributed by atoms with Crippen LogP contribution in [-0.4, -0.2) is 6.61 Å². The van der Waals surface area contributed by atoms with E-state index in [4.69, 9.17) is 4.74 Å². The first-order chi connectivity index (χ1) is 9.22. The van der Waals surface area contributed by atoms with E-state index in [1.165, 1.54) is 57.1 Å². The average molecular weight is 331 g/mol. The molecule has 0 amide bonds. The molecule has 1 aromatic carbocycles. The van der Waals surface area contributed by atoms with Crippen molar-refractivity contribution in [3.05, 3.63) is 28.5 Å². The molecular formula is C16H24BrFO. The van der Waals surface area contributed by atoms with E-state index in [1.54, 1.807) is 6.07 Å². The Balaban J connectivity index is 2.01. The topological polar surface area (TPSA) is 9.23 Å². The van der Waals surface area contributed by atoms with Crippen LogP contribution in [0.2, 0.25) is 0 Å². The first-order valence-corrected chi connectivity index (χ1v) is 8.10. The smallest absolute Gasteiger partial charge is 0.128 e. The summed E-state index contributed by atoms with van der Waals surface area (Å²) in [5.74, 6) is 0.343. The van der Waals surface area contributed by atoms with Gasteiger partial charge in [0, 0.05) is 10.5 Å². The van der Waals surface area contributed by atoms with Gasteiger partial charge in [0.2, 0.25) is 0 Å². The molecule has 0 unspecified atom stereocenters. The highest BCUT2D eigenvalue weighted by molar-refractivity contribution is 9.10. The summed E-state index contributed by atoms with van der Waals surface area (Å²) in [6.07, 6.45) is 10.2. The number of hydrogen-bond donors (Lipinski definition) is 0. The van der Waals surface area contributed by atoms with Gasteiger partial charge in [-0.2, -0.15) is 0 Å². The predicted octanol–water partition coefficient (Wildman–Crippen LogP) is 6.11. The van der Waals surface area contributed by atoms with Gasteiger partial charge in [0.05, 0.1) is 6.61 Å². The second kappa shape index (κ2) is 10.2. The van der Waals surface area contributed by atoms with Crippen LogP contribution in [-0.2, 0) is 0 Å². The molecule has 0 spiro atoms. The van der Waals surface area contributed by atoms with Crippen molar-refractivity contribution in [3.63, 3.8) is 0 Å². The van der Waals surface area contributed by atoms with Crippen LogP contribution in [0.15, 0.2) is 22.7 Å². The Kier molecular flexibility index (Phi) is 8.89. The summed E-state index contributed by atoms with van der Waals surface area (Å²) in [7, 11) is 0. The van der Waals surface area contributed by atoms with Gasteiger partial charge in [-0.05, 0) is 18.6 Å². The van der Waals surface area contributed by atoms with Crippen molar-refractivity contribution < 1.29 is 9.13 Å². The normalized spacial score (nSPS) is 10.7. The second-order valence-corrected chi connectivity index (χ2v) is 5.84.